The van der Waals surface area contributed by atoms with E-state index in [1.54, 1.807) is 46.2 Å². The molecule has 6 N–H and O–H groups in total. The van der Waals surface area contributed by atoms with Crippen molar-refractivity contribution in [2.45, 2.75) is 71.1 Å². The van der Waals surface area contributed by atoms with Gasteiger partial charge in [-0.1, -0.05) is 54.6 Å². The van der Waals surface area contributed by atoms with E-state index in [9.17, 15) is 27.6 Å². The van der Waals surface area contributed by atoms with E-state index in [0.29, 0.717) is 67.2 Å². The van der Waals surface area contributed by atoms with Gasteiger partial charge < -0.3 is 50.8 Å². The molecule has 20 nitrogen and oxygen atoms in total. The van der Waals surface area contributed by atoms with Crippen LogP contribution in [0.3, 0.4) is 0 Å². The average molecular weight is 1120 g/mol. The van der Waals surface area contributed by atoms with Crippen LogP contribution in [-0.2, 0) is 16.1 Å². The number of aryl methyl sites for hydroxylation is 3. The number of amides is 4. The van der Waals surface area contributed by atoms with E-state index in [2.05, 4.69) is 48.0 Å². The molecule has 0 bridgehead atoms. The van der Waals surface area contributed by atoms with Crippen molar-refractivity contribution in [2.24, 2.45) is 10.7 Å². The highest BCUT2D eigenvalue weighted by molar-refractivity contribution is 5.90. The summed E-state index contributed by atoms with van der Waals surface area (Å²) in [5.74, 6) is -1.19. The second-order valence-corrected chi connectivity index (χ2v) is 17.7. The zero-order valence-corrected chi connectivity index (χ0v) is 44.7. The Balaban J connectivity index is 0.000000230. The zero-order valence-electron chi connectivity index (χ0n) is 43.9. The smallest absolute Gasteiger partial charge is 0.475 e. The van der Waals surface area contributed by atoms with E-state index >= 15 is 0 Å². The molecule has 0 unspecified atom stereocenters. The fourth-order valence-corrected chi connectivity index (χ4v) is 7.67. The molecule has 9 rings (SSSR count). The van der Waals surface area contributed by atoms with Crippen LogP contribution in [0.5, 0.6) is 17.6 Å². The SMILES string of the molecule is Cc1cc(C#N)cc(O[C@@H]2CCN(C(=O)Nc3ccccc3)C2)n1.Cc1cc(C#N)cc(O[C@@H]2CCNC2)n1.Cc1cc(CN)cc(O[C@@H]2CCN(C(=O)Nc3ccccc3)C2)n1.Cl.O=C(O)C(F)(F)F.O=C=Nc1ccccc1. The number of nitrogens with one attached hydrogen (secondary N) is 3. The summed E-state index contributed by atoms with van der Waals surface area (Å²) in [7, 11) is 0. The number of urea groups is 2. The maximum atomic E-state index is 12.3. The Morgan fingerprint density at radius 3 is 1.49 bits per heavy atom. The Bertz CT molecular complexity index is 3070. The van der Waals surface area contributed by atoms with Crippen molar-refractivity contribution >= 4 is 53.6 Å². The Hall–Kier alpha value is -9.12. The number of carbonyl (C=O) groups excluding carboxylic acids is 3. The molecular formula is C56H60ClF3N12O8. The Kier molecular flexibility index (Phi) is 25.8. The molecule has 6 heterocycles. The van der Waals surface area contributed by atoms with E-state index in [1.807, 2.05) is 112 Å². The van der Waals surface area contributed by atoms with E-state index in [0.717, 1.165) is 66.4 Å². The number of ether oxygens (including phenoxy) is 3. The van der Waals surface area contributed by atoms with Crippen LogP contribution in [0, 0.1) is 43.4 Å². The molecule has 24 heteroatoms. The van der Waals surface area contributed by atoms with Gasteiger partial charge in [-0.25, -0.2) is 34.1 Å². The second-order valence-electron chi connectivity index (χ2n) is 17.7. The number of nitriles is 2. The maximum absolute atomic E-state index is 12.3. The third-order valence-corrected chi connectivity index (χ3v) is 11.3. The van der Waals surface area contributed by atoms with Crippen LogP contribution >= 0.6 is 12.4 Å². The van der Waals surface area contributed by atoms with Gasteiger partial charge in [-0.15, -0.1) is 12.4 Å². The maximum Gasteiger partial charge on any atom is 0.490 e. The first-order chi connectivity index (χ1) is 37.9. The van der Waals surface area contributed by atoms with E-state index in [4.69, 9.17) is 40.4 Å². The molecule has 3 aromatic heterocycles. The number of benzene rings is 3. The van der Waals surface area contributed by atoms with Crippen LogP contribution in [0.2, 0.25) is 0 Å². The van der Waals surface area contributed by atoms with E-state index in [-0.39, 0.29) is 42.8 Å². The standard InChI is InChI=1S/C18H22N4O2.C18H18N4O2.C11H13N3O.C7H5NO.C2HF3O2.ClH/c2*1-13-9-14(11-19)10-17(20-13)24-16-7-8-22(12-16)18(23)21-15-5-3-2-4-6-15;1-8-4-9(6-12)5-11(14-8)15-10-2-3-13-7-10;9-6-8-7-4-2-1-3-5-7;3-2(4,5)1(6)7;/h2-6,9-10,16H,7-8,11-12,19H2,1H3,(H,21,23);2-6,9-10,16H,7-8,12H2,1H3,(H,21,23);4-5,10,13H,2-3,7H2,1H3;1-5H;(H,6,7);1H/t2*16-;10-;;;/m111.../s1. The van der Waals surface area contributed by atoms with Crippen LogP contribution in [0.4, 0.5) is 39.8 Å². The molecule has 3 saturated heterocycles. The lowest BCUT2D eigenvalue weighted by atomic mass is 10.2. The van der Waals surface area contributed by atoms with Gasteiger partial charge in [0.1, 0.15) is 18.3 Å². The minimum atomic E-state index is -5.08. The van der Waals surface area contributed by atoms with Crippen LogP contribution < -0.4 is 35.9 Å². The van der Waals surface area contributed by atoms with Crippen LogP contribution in [0.25, 0.3) is 0 Å². The normalized spacial score (nSPS) is 15.6. The molecule has 0 radical (unpaired) electrons. The number of rotatable bonds is 10. The molecule has 80 heavy (non-hydrogen) atoms. The highest BCUT2D eigenvalue weighted by Crippen LogP contribution is 2.22. The zero-order chi connectivity index (χ0) is 57.2. The van der Waals surface area contributed by atoms with Gasteiger partial charge in [-0.2, -0.15) is 28.7 Å². The minimum Gasteiger partial charge on any atom is -0.475 e. The molecule has 0 spiro atoms. The molecular weight excluding hydrogens is 1060 g/mol. The number of nitrogens with zero attached hydrogens (tertiary/aromatic N) is 8. The van der Waals surface area contributed by atoms with E-state index < -0.39 is 12.1 Å². The minimum absolute atomic E-state index is 0. The summed E-state index contributed by atoms with van der Waals surface area (Å²) in [4.78, 5) is 62.9. The number of aliphatic imine (C=N–C) groups is 1. The van der Waals surface area contributed by atoms with Gasteiger partial charge in [0.2, 0.25) is 23.7 Å². The number of carboxylic acid groups (broad SMARTS) is 1. The number of aliphatic carboxylic acids is 1. The summed E-state index contributed by atoms with van der Waals surface area (Å²) in [5.41, 5.74) is 12.4. The predicted molar refractivity (Wildman–Crippen MR) is 293 cm³/mol. The molecule has 3 aromatic carbocycles. The number of hydrogen-bond acceptors (Lipinski definition) is 15. The lowest BCUT2D eigenvalue weighted by molar-refractivity contribution is -0.192. The number of alkyl halides is 3. The molecule has 3 fully saturated rings. The summed E-state index contributed by atoms with van der Waals surface area (Å²) >= 11 is 0. The number of anilines is 2. The number of para-hydroxylation sites is 3. The predicted octanol–water partition coefficient (Wildman–Crippen LogP) is 9.19. The Labute approximate surface area is 466 Å². The van der Waals surface area contributed by atoms with Crippen molar-refractivity contribution in [1.82, 2.24) is 30.1 Å². The topological polar surface area (TPSA) is 283 Å². The number of aromatic nitrogens is 3. The van der Waals surface area contributed by atoms with Crippen molar-refractivity contribution in [3.63, 3.8) is 0 Å². The number of nitrogens with two attached hydrogens (primary N) is 1. The highest BCUT2D eigenvalue weighted by Gasteiger charge is 2.38. The fourth-order valence-electron chi connectivity index (χ4n) is 7.67. The van der Waals surface area contributed by atoms with Crippen LogP contribution in [0.15, 0.2) is 132 Å². The summed E-state index contributed by atoms with van der Waals surface area (Å²) in [6, 6.07) is 42.3. The van der Waals surface area contributed by atoms with Gasteiger partial charge in [0.05, 0.1) is 42.0 Å². The van der Waals surface area contributed by atoms with Crippen molar-refractivity contribution in [2.75, 3.05) is 49.9 Å². The van der Waals surface area contributed by atoms with Crippen LogP contribution in [-0.4, -0.2) is 118 Å². The summed E-state index contributed by atoms with van der Waals surface area (Å²) in [6.07, 6.45) is -1.09. The number of pyridine rings is 3. The second kappa shape index (κ2) is 32.6. The Morgan fingerprint density at radius 1 is 0.688 bits per heavy atom. The van der Waals surface area contributed by atoms with Crippen molar-refractivity contribution in [3.8, 4) is 29.8 Å². The number of carbonyl (C=O) groups is 3. The largest absolute Gasteiger partial charge is 0.490 e. The molecule has 0 saturated carbocycles. The summed E-state index contributed by atoms with van der Waals surface area (Å²) in [5, 5.41) is 33.9. The van der Waals surface area contributed by atoms with Gasteiger partial charge in [0.15, 0.2) is 0 Å². The fraction of sp³-hybridized carbons (Fsp3) is 0.304. The van der Waals surface area contributed by atoms with Gasteiger partial charge in [-0.3, -0.25) is 0 Å². The Morgan fingerprint density at radius 2 is 1.10 bits per heavy atom. The molecule has 3 aliphatic heterocycles. The van der Waals surface area contributed by atoms with Crippen molar-refractivity contribution in [1.29, 1.82) is 10.5 Å². The average Bonchev–Trinajstić information content (AvgIpc) is 4.24. The molecule has 4 amide bonds. The quantitative estimate of drug-likeness (QED) is 0.0631. The first-order valence-electron chi connectivity index (χ1n) is 24.7. The van der Waals surface area contributed by atoms with Crippen LogP contribution in [0.1, 0.15) is 53.0 Å². The molecule has 3 aliphatic rings. The monoisotopic (exact) mass is 1120 g/mol. The molecule has 420 valence electrons. The number of hydrogen-bond donors (Lipinski definition) is 5. The molecule has 3 atom stereocenters. The number of carboxylic acids is 1. The third-order valence-electron chi connectivity index (χ3n) is 11.3. The van der Waals surface area contributed by atoms with Gasteiger partial charge in [0, 0.05) is 85.7 Å². The number of isocyanates is 1. The number of likely N-dealkylation sites (tertiary alicyclic amines) is 2. The van der Waals surface area contributed by atoms with Gasteiger partial charge >= 0.3 is 24.2 Å². The highest BCUT2D eigenvalue weighted by atomic mass is 35.5. The first-order valence-corrected chi connectivity index (χ1v) is 24.7. The summed E-state index contributed by atoms with van der Waals surface area (Å²) < 4.78 is 49.2. The molecule has 0 aliphatic carbocycles. The first kappa shape index (κ1) is 63.4. The van der Waals surface area contributed by atoms with Crippen molar-refractivity contribution < 1.29 is 51.7 Å². The summed E-state index contributed by atoms with van der Waals surface area (Å²) in [6.45, 7) is 10.2. The number of halogens is 4. The third kappa shape index (κ3) is 22.5. The molecule has 6 aromatic rings. The van der Waals surface area contributed by atoms with Gasteiger partial charge in [0.25, 0.3) is 0 Å². The van der Waals surface area contributed by atoms with Gasteiger partial charge in [-0.05, 0) is 93.9 Å². The lowest BCUT2D eigenvalue weighted by Crippen LogP contribution is -2.34. The lowest BCUT2D eigenvalue weighted by Gasteiger charge is -2.18. The van der Waals surface area contributed by atoms with E-state index in [1.165, 1.54) is 6.08 Å². The van der Waals surface area contributed by atoms with Crippen molar-refractivity contribution in [3.05, 3.63) is 161 Å².